The molecule has 0 heterocycles. The summed E-state index contributed by atoms with van der Waals surface area (Å²) >= 11 is 14.7. The first-order valence-corrected chi connectivity index (χ1v) is 14.6. The number of carbonyl (C=O) groups is 2. The Hall–Kier alpha value is -2.47. The highest BCUT2D eigenvalue weighted by Crippen LogP contribution is 2.28. The van der Waals surface area contributed by atoms with Crippen LogP contribution in [-0.2, 0) is 28.3 Å². The maximum absolute atomic E-state index is 13.7. The lowest BCUT2D eigenvalue weighted by Crippen LogP contribution is -2.50. The summed E-state index contributed by atoms with van der Waals surface area (Å²) in [5.74, 6) is 1.22. The molecular weight excluding hydrogens is 523 g/mol. The first-order valence-electron chi connectivity index (χ1n) is 12.6. The number of rotatable bonds is 14. The predicted molar refractivity (Wildman–Crippen MR) is 156 cm³/mol. The maximum Gasteiger partial charge on any atom is 0.243 e. The van der Waals surface area contributed by atoms with Crippen LogP contribution in [0, 0.1) is 0 Å². The van der Waals surface area contributed by atoms with E-state index in [0.717, 1.165) is 24.2 Å². The Labute approximate surface area is 234 Å². The Morgan fingerprint density at radius 2 is 1.51 bits per heavy atom. The van der Waals surface area contributed by atoms with Crippen LogP contribution in [0.3, 0.4) is 0 Å². The Kier molecular flexibility index (Phi) is 12.3. The third-order valence-electron chi connectivity index (χ3n) is 6.06. The van der Waals surface area contributed by atoms with E-state index in [1.165, 1.54) is 5.56 Å². The van der Waals surface area contributed by atoms with Crippen LogP contribution < -0.4 is 5.32 Å². The Bertz CT molecular complexity index is 1110. The molecule has 0 aliphatic rings. The number of unbranched alkanes of at least 4 members (excludes halogenated alkanes) is 1. The van der Waals surface area contributed by atoms with Crippen LogP contribution >= 0.6 is 35.0 Å². The van der Waals surface area contributed by atoms with Gasteiger partial charge >= 0.3 is 0 Å². The van der Waals surface area contributed by atoms with E-state index in [2.05, 4.69) is 24.4 Å². The monoisotopic (exact) mass is 556 g/mol. The first kappa shape index (κ1) is 29.1. The van der Waals surface area contributed by atoms with Gasteiger partial charge in [0.05, 0.1) is 0 Å². The van der Waals surface area contributed by atoms with Gasteiger partial charge in [-0.25, -0.2) is 0 Å². The van der Waals surface area contributed by atoms with Crippen molar-refractivity contribution in [1.82, 2.24) is 10.2 Å². The second-order valence-corrected chi connectivity index (χ2v) is 10.8. The summed E-state index contributed by atoms with van der Waals surface area (Å²) in [7, 11) is 0. The van der Waals surface area contributed by atoms with Crippen LogP contribution in [0.15, 0.2) is 78.9 Å². The standard InChI is InChI=1S/C30H34Cl2N2O2S/c1-2-3-18-33-30(36)28(20-23-11-6-4-7-12-23)34(21-25-26(31)15-10-16-27(25)32)29(35)17-19-37-22-24-13-8-5-9-14-24/h4-16,28H,2-3,17-22H2,1H3,(H,33,36)/t28-/m0/s1. The fraction of sp³-hybridized carbons (Fsp3) is 0.333. The van der Waals surface area contributed by atoms with Crippen molar-refractivity contribution in [2.24, 2.45) is 0 Å². The van der Waals surface area contributed by atoms with E-state index in [1.807, 2.05) is 48.5 Å². The molecule has 0 fully saturated rings. The van der Waals surface area contributed by atoms with Crippen molar-refractivity contribution in [3.63, 3.8) is 0 Å². The molecule has 0 saturated carbocycles. The normalized spacial score (nSPS) is 11.6. The quantitative estimate of drug-likeness (QED) is 0.214. The van der Waals surface area contributed by atoms with Crippen molar-refractivity contribution in [1.29, 1.82) is 0 Å². The second kappa shape index (κ2) is 15.7. The maximum atomic E-state index is 13.7. The summed E-state index contributed by atoms with van der Waals surface area (Å²) < 4.78 is 0. The fourth-order valence-electron chi connectivity index (χ4n) is 3.98. The van der Waals surface area contributed by atoms with Crippen LogP contribution in [0.4, 0.5) is 0 Å². The number of thioether (sulfide) groups is 1. The fourth-order valence-corrected chi connectivity index (χ4v) is 5.39. The highest BCUT2D eigenvalue weighted by atomic mass is 35.5. The van der Waals surface area contributed by atoms with Crippen LogP contribution in [0.25, 0.3) is 0 Å². The van der Waals surface area contributed by atoms with Crippen molar-refractivity contribution in [2.75, 3.05) is 12.3 Å². The number of hydrogen-bond acceptors (Lipinski definition) is 3. The van der Waals surface area contributed by atoms with E-state index < -0.39 is 6.04 Å². The molecule has 3 aromatic carbocycles. The van der Waals surface area contributed by atoms with E-state index in [-0.39, 0.29) is 18.4 Å². The molecule has 0 radical (unpaired) electrons. The van der Waals surface area contributed by atoms with Gasteiger partial charge in [0.15, 0.2) is 0 Å². The molecule has 3 rings (SSSR count). The molecule has 196 valence electrons. The van der Waals surface area contributed by atoms with Gasteiger partial charge in [-0.2, -0.15) is 11.8 Å². The summed E-state index contributed by atoms with van der Waals surface area (Å²) in [5.41, 5.74) is 2.85. The van der Waals surface area contributed by atoms with Crippen LogP contribution in [-0.4, -0.2) is 35.1 Å². The minimum Gasteiger partial charge on any atom is -0.354 e. The summed E-state index contributed by atoms with van der Waals surface area (Å²) in [6, 6.07) is 24.6. The molecule has 0 aromatic heterocycles. The Morgan fingerprint density at radius 3 is 2.14 bits per heavy atom. The van der Waals surface area contributed by atoms with E-state index in [1.54, 1.807) is 34.9 Å². The molecule has 0 aliphatic heterocycles. The molecular formula is C30H34Cl2N2O2S. The van der Waals surface area contributed by atoms with Crippen LogP contribution in [0.1, 0.15) is 42.9 Å². The smallest absolute Gasteiger partial charge is 0.243 e. The molecule has 2 amide bonds. The topological polar surface area (TPSA) is 49.4 Å². The van der Waals surface area contributed by atoms with Gasteiger partial charge in [-0.15, -0.1) is 0 Å². The lowest BCUT2D eigenvalue weighted by atomic mass is 10.0. The van der Waals surface area contributed by atoms with Gasteiger partial charge in [0.1, 0.15) is 6.04 Å². The van der Waals surface area contributed by atoms with Gasteiger partial charge in [-0.1, -0.05) is 103 Å². The molecule has 1 atom stereocenters. The zero-order valence-electron chi connectivity index (χ0n) is 21.2. The molecule has 4 nitrogen and oxygen atoms in total. The minimum absolute atomic E-state index is 0.0943. The highest BCUT2D eigenvalue weighted by molar-refractivity contribution is 7.98. The molecule has 7 heteroatoms. The average Bonchev–Trinajstić information content (AvgIpc) is 2.91. The number of nitrogens with zero attached hydrogens (tertiary/aromatic N) is 1. The average molecular weight is 558 g/mol. The SMILES string of the molecule is CCCCNC(=O)[C@H](Cc1ccccc1)N(Cc1c(Cl)cccc1Cl)C(=O)CCSCc1ccccc1. The molecule has 3 aromatic rings. The molecule has 0 aliphatic carbocycles. The molecule has 0 spiro atoms. The lowest BCUT2D eigenvalue weighted by molar-refractivity contribution is -0.141. The van der Waals surface area contributed by atoms with Gasteiger partial charge in [-0.05, 0) is 29.7 Å². The number of nitrogens with one attached hydrogen (secondary N) is 1. The predicted octanol–water partition coefficient (Wildman–Crippen LogP) is 7.17. The third kappa shape index (κ3) is 9.41. The van der Waals surface area contributed by atoms with Gasteiger partial charge in [0.25, 0.3) is 0 Å². The number of halogens is 2. The van der Waals surface area contributed by atoms with Crippen LogP contribution in [0.2, 0.25) is 10.0 Å². The molecule has 0 saturated heterocycles. The Balaban J connectivity index is 1.83. The van der Waals surface area contributed by atoms with Crippen molar-refractivity contribution in [3.05, 3.63) is 106 Å². The second-order valence-electron chi connectivity index (χ2n) is 8.86. The zero-order valence-corrected chi connectivity index (χ0v) is 23.5. The molecule has 0 unspecified atom stereocenters. The number of amides is 2. The number of hydrogen-bond donors (Lipinski definition) is 1. The summed E-state index contributed by atoms with van der Waals surface area (Å²) in [5, 5.41) is 4.00. The van der Waals surface area contributed by atoms with Crippen molar-refractivity contribution in [3.8, 4) is 0 Å². The Morgan fingerprint density at radius 1 is 0.892 bits per heavy atom. The van der Waals surface area contributed by atoms with E-state index >= 15 is 0 Å². The van der Waals surface area contributed by atoms with Gasteiger partial charge in [0, 0.05) is 53.0 Å². The van der Waals surface area contributed by atoms with E-state index in [4.69, 9.17) is 23.2 Å². The lowest BCUT2D eigenvalue weighted by Gasteiger charge is -2.32. The third-order valence-corrected chi connectivity index (χ3v) is 7.80. The summed E-state index contributed by atoms with van der Waals surface area (Å²) in [6.07, 6.45) is 2.57. The number of carbonyl (C=O) groups excluding carboxylic acids is 2. The van der Waals surface area contributed by atoms with Crippen molar-refractivity contribution >= 4 is 46.8 Å². The van der Waals surface area contributed by atoms with Crippen molar-refractivity contribution < 1.29 is 9.59 Å². The molecule has 1 N–H and O–H groups in total. The largest absolute Gasteiger partial charge is 0.354 e. The zero-order chi connectivity index (χ0) is 26.5. The summed E-state index contributed by atoms with van der Waals surface area (Å²) in [6.45, 7) is 2.82. The first-order chi connectivity index (χ1) is 18.0. The van der Waals surface area contributed by atoms with Gasteiger partial charge in [-0.3, -0.25) is 9.59 Å². The van der Waals surface area contributed by atoms with Crippen LogP contribution in [0.5, 0.6) is 0 Å². The van der Waals surface area contributed by atoms with Gasteiger partial charge in [0.2, 0.25) is 11.8 Å². The minimum atomic E-state index is -0.682. The van der Waals surface area contributed by atoms with Crippen molar-refractivity contribution in [2.45, 2.75) is 50.9 Å². The van der Waals surface area contributed by atoms with Gasteiger partial charge < -0.3 is 10.2 Å². The van der Waals surface area contributed by atoms with E-state index in [0.29, 0.717) is 40.7 Å². The summed E-state index contributed by atoms with van der Waals surface area (Å²) in [4.78, 5) is 28.8. The number of benzene rings is 3. The molecule has 0 bridgehead atoms. The van der Waals surface area contributed by atoms with E-state index in [9.17, 15) is 9.59 Å². The highest BCUT2D eigenvalue weighted by Gasteiger charge is 2.31. The molecule has 37 heavy (non-hydrogen) atoms.